The molecule has 0 aliphatic rings. The van der Waals surface area contributed by atoms with Crippen LogP contribution in [-0.4, -0.2) is 28.0 Å². The summed E-state index contributed by atoms with van der Waals surface area (Å²) in [5, 5.41) is 2.65. The summed E-state index contributed by atoms with van der Waals surface area (Å²) in [6, 6.07) is 14.0. The van der Waals surface area contributed by atoms with Gasteiger partial charge in [0.2, 0.25) is 15.9 Å². The molecule has 2 aromatic carbocycles. The van der Waals surface area contributed by atoms with Crippen molar-refractivity contribution in [3.8, 4) is 5.75 Å². The number of anilines is 1. The predicted molar refractivity (Wildman–Crippen MR) is 97.2 cm³/mol. The SMILES string of the molecule is CCC(=O)Nc1cc(S(=O)(=O)NCCc2ccccc2)ccc1OC. The first-order valence-corrected chi connectivity index (χ1v) is 9.46. The van der Waals surface area contributed by atoms with Crippen LogP contribution in [0.4, 0.5) is 5.69 Å². The second-order valence-electron chi connectivity index (χ2n) is 5.40. The Kier molecular flexibility index (Phi) is 6.55. The zero-order valence-corrected chi connectivity index (χ0v) is 15.1. The molecule has 0 fully saturated rings. The minimum absolute atomic E-state index is 0.0766. The van der Waals surface area contributed by atoms with Crippen LogP contribution in [0.15, 0.2) is 53.4 Å². The molecule has 7 heteroatoms. The molecule has 0 heterocycles. The van der Waals surface area contributed by atoms with E-state index in [0.717, 1.165) is 5.56 Å². The first-order valence-electron chi connectivity index (χ1n) is 7.97. The fraction of sp³-hybridized carbons (Fsp3) is 0.278. The summed E-state index contributed by atoms with van der Waals surface area (Å²) in [5.74, 6) is 0.190. The van der Waals surface area contributed by atoms with Crippen LogP contribution in [0.3, 0.4) is 0 Å². The Morgan fingerprint density at radius 3 is 2.48 bits per heavy atom. The van der Waals surface area contributed by atoms with Crippen LogP contribution in [0, 0.1) is 0 Å². The van der Waals surface area contributed by atoms with Crippen LogP contribution in [0.5, 0.6) is 5.75 Å². The Labute approximate surface area is 148 Å². The Morgan fingerprint density at radius 2 is 1.84 bits per heavy atom. The van der Waals surface area contributed by atoms with E-state index in [0.29, 0.717) is 17.9 Å². The van der Waals surface area contributed by atoms with Crippen molar-refractivity contribution in [2.45, 2.75) is 24.7 Å². The Bertz CT molecular complexity index is 820. The average Bonchev–Trinajstić information content (AvgIpc) is 2.62. The Hall–Kier alpha value is -2.38. The lowest BCUT2D eigenvalue weighted by Gasteiger charge is -2.12. The summed E-state index contributed by atoms with van der Waals surface area (Å²) >= 11 is 0. The van der Waals surface area contributed by atoms with Gasteiger partial charge in [0.1, 0.15) is 5.75 Å². The van der Waals surface area contributed by atoms with Gasteiger partial charge in [-0.15, -0.1) is 0 Å². The smallest absolute Gasteiger partial charge is 0.240 e. The molecule has 0 radical (unpaired) electrons. The van der Waals surface area contributed by atoms with Gasteiger partial charge in [-0.3, -0.25) is 4.79 Å². The molecule has 25 heavy (non-hydrogen) atoms. The van der Waals surface area contributed by atoms with Crippen molar-refractivity contribution in [1.29, 1.82) is 0 Å². The van der Waals surface area contributed by atoms with E-state index < -0.39 is 10.0 Å². The molecular weight excluding hydrogens is 340 g/mol. The molecule has 134 valence electrons. The standard InChI is InChI=1S/C18H22N2O4S/c1-3-18(21)20-16-13-15(9-10-17(16)24-2)25(22,23)19-12-11-14-7-5-4-6-8-14/h4-10,13,19H,3,11-12H2,1-2H3,(H,20,21). The summed E-state index contributed by atoms with van der Waals surface area (Å²) in [7, 11) is -2.22. The molecule has 2 N–H and O–H groups in total. The third kappa shape index (κ3) is 5.30. The number of amides is 1. The number of sulfonamides is 1. The first kappa shape index (κ1) is 19.0. The molecule has 0 bridgehead atoms. The molecule has 0 unspecified atom stereocenters. The number of benzene rings is 2. The van der Waals surface area contributed by atoms with Crippen molar-refractivity contribution < 1.29 is 17.9 Å². The van der Waals surface area contributed by atoms with Crippen LogP contribution in [0.2, 0.25) is 0 Å². The lowest BCUT2D eigenvalue weighted by Crippen LogP contribution is -2.26. The van der Waals surface area contributed by atoms with Crippen LogP contribution < -0.4 is 14.8 Å². The molecule has 2 rings (SSSR count). The van der Waals surface area contributed by atoms with Gasteiger partial charge in [-0.25, -0.2) is 13.1 Å². The number of ether oxygens (including phenoxy) is 1. The van der Waals surface area contributed by atoms with Crippen molar-refractivity contribution in [2.75, 3.05) is 19.0 Å². The molecule has 6 nitrogen and oxygen atoms in total. The molecule has 0 aliphatic heterocycles. The van der Waals surface area contributed by atoms with E-state index in [9.17, 15) is 13.2 Å². The normalized spacial score (nSPS) is 11.1. The number of hydrogen-bond donors (Lipinski definition) is 2. The van der Waals surface area contributed by atoms with Crippen LogP contribution in [0.25, 0.3) is 0 Å². The van der Waals surface area contributed by atoms with Gasteiger partial charge >= 0.3 is 0 Å². The topological polar surface area (TPSA) is 84.5 Å². The lowest BCUT2D eigenvalue weighted by molar-refractivity contribution is -0.115. The predicted octanol–water partition coefficient (Wildman–Crippen LogP) is 2.56. The molecular formula is C18H22N2O4S. The Balaban J connectivity index is 2.12. The second-order valence-corrected chi connectivity index (χ2v) is 7.16. The van der Waals surface area contributed by atoms with Gasteiger partial charge in [0.15, 0.2) is 0 Å². The van der Waals surface area contributed by atoms with E-state index in [1.54, 1.807) is 6.92 Å². The molecule has 0 saturated carbocycles. The highest BCUT2D eigenvalue weighted by molar-refractivity contribution is 7.89. The molecule has 2 aromatic rings. The number of hydrogen-bond acceptors (Lipinski definition) is 4. The van der Waals surface area contributed by atoms with Crippen LogP contribution >= 0.6 is 0 Å². The maximum absolute atomic E-state index is 12.5. The third-order valence-electron chi connectivity index (χ3n) is 3.63. The van der Waals surface area contributed by atoms with Gasteiger partial charge in [-0.1, -0.05) is 37.3 Å². The molecule has 0 aromatic heterocycles. The second kappa shape index (κ2) is 8.64. The fourth-order valence-electron chi connectivity index (χ4n) is 2.25. The summed E-state index contributed by atoms with van der Waals surface area (Å²) in [5.41, 5.74) is 1.39. The highest BCUT2D eigenvalue weighted by atomic mass is 32.2. The summed E-state index contributed by atoms with van der Waals surface area (Å²) in [6.45, 7) is 2.00. The van der Waals surface area contributed by atoms with Crippen molar-refractivity contribution >= 4 is 21.6 Å². The number of rotatable bonds is 8. The van der Waals surface area contributed by atoms with Gasteiger partial charge in [-0.2, -0.15) is 0 Å². The van der Waals surface area contributed by atoms with Crippen molar-refractivity contribution in [1.82, 2.24) is 4.72 Å². The number of carbonyl (C=O) groups excluding carboxylic acids is 1. The fourth-order valence-corrected chi connectivity index (χ4v) is 3.31. The third-order valence-corrected chi connectivity index (χ3v) is 5.08. The largest absolute Gasteiger partial charge is 0.495 e. The average molecular weight is 362 g/mol. The molecule has 0 aliphatic carbocycles. The highest BCUT2D eigenvalue weighted by Gasteiger charge is 2.17. The van der Waals surface area contributed by atoms with Crippen molar-refractivity contribution in [3.63, 3.8) is 0 Å². The zero-order valence-electron chi connectivity index (χ0n) is 14.3. The van der Waals surface area contributed by atoms with Crippen molar-refractivity contribution in [2.24, 2.45) is 0 Å². The number of carbonyl (C=O) groups is 1. The zero-order chi connectivity index (χ0) is 18.3. The Morgan fingerprint density at radius 1 is 1.12 bits per heavy atom. The quantitative estimate of drug-likeness (QED) is 0.756. The molecule has 0 atom stereocenters. The number of nitrogens with one attached hydrogen (secondary N) is 2. The molecule has 0 spiro atoms. The van der Waals surface area contributed by atoms with Gasteiger partial charge in [0, 0.05) is 13.0 Å². The minimum atomic E-state index is -3.68. The van der Waals surface area contributed by atoms with E-state index in [-0.39, 0.29) is 23.8 Å². The van der Waals surface area contributed by atoms with Gasteiger partial charge < -0.3 is 10.1 Å². The summed E-state index contributed by atoms with van der Waals surface area (Å²) in [4.78, 5) is 11.7. The van der Waals surface area contributed by atoms with Crippen LogP contribution in [0.1, 0.15) is 18.9 Å². The maximum atomic E-state index is 12.5. The molecule has 0 saturated heterocycles. The monoisotopic (exact) mass is 362 g/mol. The van der Waals surface area contributed by atoms with Crippen molar-refractivity contribution in [3.05, 3.63) is 54.1 Å². The molecule has 1 amide bonds. The van der Waals surface area contributed by atoms with E-state index in [4.69, 9.17) is 4.74 Å². The number of methoxy groups -OCH3 is 1. The van der Waals surface area contributed by atoms with E-state index >= 15 is 0 Å². The van der Waals surface area contributed by atoms with E-state index in [1.807, 2.05) is 30.3 Å². The first-order chi connectivity index (χ1) is 12.0. The lowest BCUT2D eigenvalue weighted by atomic mass is 10.2. The summed E-state index contributed by atoms with van der Waals surface area (Å²) < 4.78 is 32.7. The van der Waals surface area contributed by atoms with Gasteiger partial charge in [0.05, 0.1) is 17.7 Å². The van der Waals surface area contributed by atoms with Gasteiger partial charge in [-0.05, 0) is 30.2 Å². The maximum Gasteiger partial charge on any atom is 0.240 e. The van der Waals surface area contributed by atoms with E-state index in [1.165, 1.54) is 25.3 Å². The highest BCUT2D eigenvalue weighted by Crippen LogP contribution is 2.27. The van der Waals surface area contributed by atoms with Crippen LogP contribution in [-0.2, 0) is 21.2 Å². The van der Waals surface area contributed by atoms with Gasteiger partial charge in [0.25, 0.3) is 0 Å². The summed E-state index contributed by atoms with van der Waals surface area (Å²) in [6.07, 6.45) is 0.880. The minimum Gasteiger partial charge on any atom is -0.495 e. The van der Waals surface area contributed by atoms with E-state index in [2.05, 4.69) is 10.0 Å².